The number of hydrogen-bond acceptors (Lipinski definition) is 5. The molecule has 3 aromatic rings. The molecule has 0 atom stereocenters. The Balaban J connectivity index is 1.34. The molecule has 0 aliphatic carbocycles. The van der Waals surface area contributed by atoms with Gasteiger partial charge in [0.25, 0.3) is 5.91 Å². The molecule has 8 nitrogen and oxygen atoms in total. The summed E-state index contributed by atoms with van der Waals surface area (Å²) in [5.41, 5.74) is 3.52. The summed E-state index contributed by atoms with van der Waals surface area (Å²) < 4.78 is 1.62. The van der Waals surface area contributed by atoms with E-state index in [9.17, 15) is 14.9 Å². The zero-order valence-corrected chi connectivity index (χ0v) is 20.5. The average molecular weight is 502 g/mol. The largest absolute Gasteiger partial charge is 0.336 e. The lowest BCUT2D eigenvalue weighted by Gasteiger charge is -2.35. The Kier molecular flexibility index (Phi) is 7.21. The first-order valence-electron chi connectivity index (χ1n) is 11.0. The van der Waals surface area contributed by atoms with E-state index in [2.05, 4.69) is 10.00 Å². The number of aromatic nitrogens is 2. The molecule has 1 fully saturated rings. The molecule has 0 N–H and O–H groups in total. The zero-order valence-electron chi connectivity index (χ0n) is 19.0. The lowest BCUT2D eigenvalue weighted by molar-refractivity contribution is -0.386. The minimum Gasteiger partial charge on any atom is -0.336 e. The molecule has 1 aliphatic heterocycles. The molecule has 0 bridgehead atoms. The molecular formula is C24H25Cl2N5O3. The fourth-order valence-electron chi connectivity index (χ4n) is 4.21. The lowest BCUT2D eigenvalue weighted by Crippen LogP contribution is -2.48. The number of nitro groups is 1. The van der Waals surface area contributed by atoms with Crippen molar-refractivity contribution in [3.63, 3.8) is 0 Å². The van der Waals surface area contributed by atoms with E-state index in [-0.39, 0.29) is 11.6 Å². The third-order valence-electron chi connectivity index (χ3n) is 6.13. The Morgan fingerprint density at radius 2 is 1.71 bits per heavy atom. The molecule has 0 saturated carbocycles. The first kappa shape index (κ1) is 24.2. The van der Waals surface area contributed by atoms with E-state index in [0.29, 0.717) is 46.6 Å². The van der Waals surface area contributed by atoms with Crippen molar-refractivity contribution in [1.82, 2.24) is 19.6 Å². The van der Waals surface area contributed by atoms with Crippen LogP contribution in [0.4, 0.5) is 5.69 Å². The molecule has 178 valence electrons. The third kappa shape index (κ3) is 5.24. The Morgan fingerprint density at radius 1 is 1.03 bits per heavy atom. The van der Waals surface area contributed by atoms with Gasteiger partial charge in [0.05, 0.1) is 11.5 Å². The highest BCUT2D eigenvalue weighted by Crippen LogP contribution is 2.24. The highest BCUT2D eigenvalue weighted by molar-refractivity contribution is 6.35. The summed E-state index contributed by atoms with van der Waals surface area (Å²) in [4.78, 5) is 27.9. The Bertz CT molecular complexity index is 1220. The summed E-state index contributed by atoms with van der Waals surface area (Å²) in [7, 11) is 0. The summed E-state index contributed by atoms with van der Waals surface area (Å²) in [6.45, 7) is 7.25. The maximum absolute atomic E-state index is 13.0. The van der Waals surface area contributed by atoms with Crippen LogP contribution in [0.2, 0.25) is 10.0 Å². The van der Waals surface area contributed by atoms with Crippen LogP contribution in [0.25, 0.3) is 0 Å². The third-order valence-corrected chi connectivity index (χ3v) is 6.71. The van der Waals surface area contributed by atoms with Crippen molar-refractivity contribution < 1.29 is 9.72 Å². The maximum atomic E-state index is 13.0. The predicted molar refractivity (Wildman–Crippen MR) is 132 cm³/mol. The van der Waals surface area contributed by atoms with Crippen LogP contribution in [-0.4, -0.2) is 56.6 Å². The van der Waals surface area contributed by atoms with Gasteiger partial charge in [0, 0.05) is 48.3 Å². The molecular weight excluding hydrogens is 477 g/mol. The highest BCUT2D eigenvalue weighted by Gasteiger charge is 2.24. The molecule has 1 aliphatic rings. The minimum absolute atomic E-state index is 0.00234. The standard InChI is InChI=1S/C24H25Cl2N5O3/c1-16-23(31(33)34)17(2)30(27-16)14-18-3-5-19(6-4-18)24(32)29-11-9-28(10-12-29)15-20-7-8-21(25)13-22(20)26/h3-8,13H,9-12,14-15H2,1-2H3. The SMILES string of the molecule is Cc1nn(Cc2ccc(C(=O)N3CCN(Cc4ccc(Cl)cc4Cl)CC3)cc2)c(C)c1[N+](=O)[O-]. The molecule has 0 unspecified atom stereocenters. The Labute approximate surface area is 207 Å². The van der Waals surface area contributed by atoms with Crippen molar-refractivity contribution >= 4 is 34.8 Å². The van der Waals surface area contributed by atoms with Crippen molar-refractivity contribution in [1.29, 1.82) is 0 Å². The van der Waals surface area contributed by atoms with E-state index in [1.54, 1.807) is 36.7 Å². The number of aryl methyl sites for hydroxylation is 1. The van der Waals surface area contributed by atoms with Gasteiger partial charge in [-0.2, -0.15) is 5.10 Å². The van der Waals surface area contributed by atoms with E-state index in [4.69, 9.17) is 23.2 Å². The van der Waals surface area contributed by atoms with Crippen molar-refractivity contribution in [2.24, 2.45) is 0 Å². The topological polar surface area (TPSA) is 84.5 Å². The van der Waals surface area contributed by atoms with Crippen molar-refractivity contribution in [2.45, 2.75) is 26.9 Å². The summed E-state index contributed by atoms with van der Waals surface area (Å²) in [5.74, 6) is -0.00234. The lowest BCUT2D eigenvalue weighted by atomic mass is 10.1. The van der Waals surface area contributed by atoms with Gasteiger partial charge in [-0.05, 0) is 49.2 Å². The molecule has 34 heavy (non-hydrogen) atoms. The van der Waals surface area contributed by atoms with Crippen LogP contribution in [0.15, 0.2) is 42.5 Å². The van der Waals surface area contributed by atoms with Gasteiger partial charge in [0.2, 0.25) is 0 Å². The van der Waals surface area contributed by atoms with Gasteiger partial charge in [-0.3, -0.25) is 24.5 Å². The summed E-state index contributed by atoms with van der Waals surface area (Å²) in [5, 5.41) is 16.8. The van der Waals surface area contributed by atoms with Crippen LogP contribution >= 0.6 is 23.2 Å². The highest BCUT2D eigenvalue weighted by atomic mass is 35.5. The fourth-order valence-corrected chi connectivity index (χ4v) is 4.68. The quantitative estimate of drug-likeness (QED) is 0.360. The second kappa shape index (κ2) is 10.1. The number of nitrogens with zero attached hydrogens (tertiary/aromatic N) is 5. The number of carbonyl (C=O) groups excluding carboxylic acids is 1. The van der Waals surface area contributed by atoms with Crippen LogP contribution < -0.4 is 0 Å². The average Bonchev–Trinajstić information content (AvgIpc) is 3.09. The van der Waals surface area contributed by atoms with E-state index in [0.717, 1.165) is 30.8 Å². The van der Waals surface area contributed by atoms with Crippen LogP contribution in [-0.2, 0) is 13.1 Å². The van der Waals surface area contributed by atoms with Gasteiger partial charge < -0.3 is 4.90 Å². The number of halogens is 2. The number of rotatable bonds is 6. The fraction of sp³-hybridized carbons (Fsp3) is 0.333. The molecule has 10 heteroatoms. The number of hydrogen-bond donors (Lipinski definition) is 0. The van der Waals surface area contributed by atoms with Gasteiger partial charge in [-0.15, -0.1) is 0 Å². The van der Waals surface area contributed by atoms with Crippen LogP contribution in [0.5, 0.6) is 0 Å². The van der Waals surface area contributed by atoms with Crippen LogP contribution in [0, 0.1) is 24.0 Å². The summed E-state index contributed by atoms with van der Waals surface area (Å²) >= 11 is 12.3. The zero-order chi connectivity index (χ0) is 24.4. The molecule has 1 aromatic heterocycles. The second-order valence-electron chi connectivity index (χ2n) is 8.44. The number of amides is 1. The van der Waals surface area contributed by atoms with Gasteiger partial charge >= 0.3 is 5.69 Å². The molecule has 4 rings (SSSR count). The molecule has 2 aromatic carbocycles. The Hall–Kier alpha value is -2.94. The predicted octanol–water partition coefficient (Wildman–Crippen LogP) is 4.72. The van der Waals surface area contributed by atoms with Gasteiger partial charge in [0.15, 0.2) is 0 Å². The van der Waals surface area contributed by atoms with Gasteiger partial charge in [0.1, 0.15) is 11.4 Å². The van der Waals surface area contributed by atoms with Crippen LogP contribution in [0.3, 0.4) is 0 Å². The van der Waals surface area contributed by atoms with Crippen molar-refractivity contribution in [3.05, 3.63) is 90.7 Å². The van der Waals surface area contributed by atoms with E-state index in [1.807, 2.05) is 29.2 Å². The molecule has 1 amide bonds. The first-order valence-corrected chi connectivity index (χ1v) is 11.7. The summed E-state index contributed by atoms with van der Waals surface area (Å²) in [6, 6.07) is 12.9. The van der Waals surface area contributed by atoms with Gasteiger partial charge in [-0.25, -0.2) is 0 Å². The van der Waals surface area contributed by atoms with E-state index in [1.165, 1.54) is 0 Å². The molecule has 0 spiro atoms. The second-order valence-corrected chi connectivity index (χ2v) is 9.28. The normalized spacial score (nSPS) is 14.4. The number of benzene rings is 2. The monoisotopic (exact) mass is 501 g/mol. The van der Waals surface area contributed by atoms with Gasteiger partial charge in [-0.1, -0.05) is 41.4 Å². The smallest absolute Gasteiger partial charge is 0.312 e. The minimum atomic E-state index is -0.403. The summed E-state index contributed by atoms with van der Waals surface area (Å²) in [6.07, 6.45) is 0. The molecule has 0 radical (unpaired) electrons. The van der Waals surface area contributed by atoms with Crippen molar-refractivity contribution in [2.75, 3.05) is 26.2 Å². The van der Waals surface area contributed by atoms with E-state index < -0.39 is 4.92 Å². The Morgan fingerprint density at radius 3 is 2.29 bits per heavy atom. The van der Waals surface area contributed by atoms with Crippen LogP contribution in [0.1, 0.15) is 32.9 Å². The number of piperazine rings is 1. The maximum Gasteiger partial charge on any atom is 0.312 e. The molecule has 2 heterocycles. The molecule has 1 saturated heterocycles. The first-order chi connectivity index (χ1) is 16.2. The number of carbonyl (C=O) groups is 1. The van der Waals surface area contributed by atoms with E-state index >= 15 is 0 Å². The van der Waals surface area contributed by atoms with Crippen molar-refractivity contribution in [3.8, 4) is 0 Å².